The largest absolute Gasteiger partial charge is 0.369 e. The van der Waals surface area contributed by atoms with Crippen molar-refractivity contribution in [3.63, 3.8) is 0 Å². The van der Waals surface area contributed by atoms with E-state index in [1.54, 1.807) is 0 Å². The summed E-state index contributed by atoms with van der Waals surface area (Å²) >= 11 is 0. The number of hydrogen-bond donors (Lipinski definition) is 1. The molecule has 2 heterocycles. The van der Waals surface area contributed by atoms with Crippen molar-refractivity contribution in [2.24, 2.45) is 7.05 Å². The Morgan fingerprint density at radius 1 is 1.10 bits per heavy atom. The fraction of sp³-hybridized carbons (Fsp3) is 0.267. The quantitative estimate of drug-likeness (QED) is 0.788. The van der Waals surface area contributed by atoms with Gasteiger partial charge in [-0.25, -0.2) is 4.98 Å². The molecule has 0 amide bonds. The van der Waals surface area contributed by atoms with E-state index >= 15 is 0 Å². The summed E-state index contributed by atoms with van der Waals surface area (Å²) in [4.78, 5) is 4.65. The van der Waals surface area contributed by atoms with E-state index in [1.165, 1.54) is 0 Å². The minimum absolute atomic E-state index is 0.685. The third kappa shape index (κ3) is 2.34. The smallest absolute Gasteiger partial charge is 0.148 e. The van der Waals surface area contributed by atoms with Crippen molar-refractivity contribution >= 4 is 16.9 Å². The van der Waals surface area contributed by atoms with Gasteiger partial charge in [0.1, 0.15) is 11.6 Å². The highest BCUT2D eigenvalue weighted by molar-refractivity contribution is 5.75. The van der Waals surface area contributed by atoms with E-state index in [0.29, 0.717) is 6.42 Å². The van der Waals surface area contributed by atoms with E-state index in [4.69, 9.17) is 0 Å². The van der Waals surface area contributed by atoms with E-state index < -0.39 is 0 Å². The maximum absolute atomic E-state index is 4.65. The van der Waals surface area contributed by atoms with Crippen LogP contribution < -0.4 is 5.32 Å². The summed E-state index contributed by atoms with van der Waals surface area (Å²) in [5, 5.41) is 11.5. The zero-order chi connectivity index (χ0) is 13.9. The second-order valence-corrected chi connectivity index (χ2v) is 4.69. The van der Waals surface area contributed by atoms with Crippen LogP contribution in [0.25, 0.3) is 11.0 Å². The van der Waals surface area contributed by atoms with Gasteiger partial charge >= 0.3 is 0 Å². The van der Waals surface area contributed by atoms with Crippen LogP contribution in [0.1, 0.15) is 18.4 Å². The number of aromatic nitrogens is 4. The van der Waals surface area contributed by atoms with Gasteiger partial charge in [0.2, 0.25) is 0 Å². The predicted octanol–water partition coefficient (Wildman–Crippen LogP) is 2.39. The highest BCUT2D eigenvalue weighted by atomic mass is 15.2. The van der Waals surface area contributed by atoms with E-state index in [0.717, 1.165) is 34.9 Å². The van der Waals surface area contributed by atoms with Crippen molar-refractivity contribution in [3.8, 4) is 0 Å². The molecular formula is C15H17N5. The molecule has 0 fully saturated rings. The minimum atomic E-state index is 0.685. The lowest BCUT2D eigenvalue weighted by Gasteiger charge is -2.03. The molecule has 0 unspecified atom stereocenters. The monoisotopic (exact) mass is 267 g/mol. The van der Waals surface area contributed by atoms with Crippen molar-refractivity contribution in [2.45, 2.75) is 13.3 Å². The van der Waals surface area contributed by atoms with Crippen molar-refractivity contribution in [2.75, 3.05) is 11.9 Å². The molecule has 0 aliphatic rings. The average Bonchev–Trinajstić information content (AvgIpc) is 2.79. The number of benzene rings is 1. The summed E-state index contributed by atoms with van der Waals surface area (Å²) < 4.78 is 2.11. The number of aryl methyl sites for hydroxylation is 1. The number of nitrogens with zero attached hydrogens (tertiary/aromatic N) is 4. The Morgan fingerprint density at radius 3 is 2.65 bits per heavy atom. The fourth-order valence-corrected chi connectivity index (χ4v) is 2.25. The van der Waals surface area contributed by atoms with Gasteiger partial charge in [-0.2, -0.15) is 5.10 Å². The summed E-state index contributed by atoms with van der Waals surface area (Å²) in [6, 6.07) is 12.1. The zero-order valence-corrected chi connectivity index (χ0v) is 11.7. The summed E-state index contributed by atoms with van der Waals surface area (Å²) in [7, 11) is 2.03. The summed E-state index contributed by atoms with van der Waals surface area (Å²) in [6.07, 6.45) is 0.685. The minimum Gasteiger partial charge on any atom is -0.369 e. The first-order valence-electron chi connectivity index (χ1n) is 6.74. The van der Waals surface area contributed by atoms with Crippen LogP contribution in [-0.2, 0) is 13.5 Å². The van der Waals surface area contributed by atoms with Gasteiger partial charge in [-0.3, -0.25) is 0 Å². The molecule has 3 rings (SSSR count). The maximum Gasteiger partial charge on any atom is 0.148 e. The number of fused-ring (bicyclic) bond motifs is 1. The number of hydrogen-bond acceptors (Lipinski definition) is 4. The molecule has 0 spiro atoms. The Morgan fingerprint density at radius 2 is 1.95 bits per heavy atom. The lowest BCUT2D eigenvalue weighted by Crippen LogP contribution is -2.04. The van der Waals surface area contributed by atoms with Crippen LogP contribution in [0, 0.1) is 0 Å². The molecule has 20 heavy (non-hydrogen) atoms. The van der Waals surface area contributed by atoms with E-state index in [-0.39, 0.29) is 0 Å². The first-order valence-corrected chi connectivity index (χ1v) is 6.74. The van der Waals surface area contributed by atoms with Crippen molar-refractivity contribution < 1.29 is 0 Å². The molecule has 102 valence electrons. The Kier molecular flexibility index (Phi) is 3.33. The topological polar surface area (TPSA) is 55.6 Å². The average molecular weight is 267 g/mol. The number of anilines is 1. The number of rotatable bonds is 4. The SMILES string of the molecule is CCNc1ccc(Cc2nc3ccccc3n2C)nn1. The molecule has 0 aliphatic carbocycles. The number of imidazole rings is 1. The molecule has 0 atom stereocenters. The molecular weight excluding hydrogens is 250 g/mol. The first kappa shape index (κ1) is 12.6. The number of para-hydroxylation sites is 2. The van der Waals surface area contributed by atoms with Gasteiger partial charge in [0.25, 0.3) is 0 Å². The molecule has 0 radical (unpaired) electrons. The third-order valence-electron chi connectivity index (χ3n) is 3.30. The summed E-state index contributed by atoms with van der Waals surface area (Å²) in [5.74, 6) is 1.80. The summed E-state index contributed by atoms with van der Waals surface area (Å²) in [5.41, 5.74) is 3.08. The third-order valence-corrected chi connectivity index (χ3v) is 3.30. The standard InChI is InChI=1S/C15H17N5/c1-3-16-14-9-8-11(18-19-14)10-15-17-12-6-4-5-7-13(12)20(15)2/h4-9H,3,10H2,1-2H3,(H,16,19). The lowest BCUT2D eigenvalue weighted by atomic mass is 10.3. The molecule has 1 N–H and O–H groups in total. The van der Waals surface area contributed by atoms with E-state index in [9.17, 15) is 0 Å². The van der Waals surface area contributed by atoms with Gasteiger partial charge < -0.3 is 9.88 Å². The zero-order valence-electron chi connectivity index (χ0n) is 11.7. The first-order chi connectivity index (χ1) is 9.78. The van der Waals surface area contributed by atoms with Gasteiger partial charge in [-0.05, 0) is 31.2 Å². The van der Waals surface area contributed by atoms with E-state index in [1.807, 2.05) is 44.3 Å². The Hall–Kier alpha value is -2.43. The van der Waals surface area contributed by atoms with Crippen molar-refractivity contribution in [1.29, 1.82) is 0 Å². The predicted molar refractivity (Wildman–Crippen MR) is 79.7 cm³/mol. The van der Waals surface area contributed by atoms with Crippen LogP contribution in [0.3, 0.4) is 0 Å². The molecule has 1 aromatic carbocycles. The molecule has 5 nitrogen and oxygen atoms in total. The molecule has 0 saturated carbocycles. The van der Waals surface area contributed by atoms with Crippen LogP contribution in [-0.4, -0.2) is 26.3 Å². The second kappa shape index (κ2) is 5.28. The van der Waals surface area contributed by atoms with Gasteiger partial charge in [-0.1, -0.05) is 12.1 Å². The molecule has 5 heteroatoms. The Bertz CT molecular complexity index is 715. The van der Waals surface area contributed by atoms with Crippen LogP contribution >= 0.6 is 0 Å². The van der Waals surface area contributed by atoms with Gasteiger partial charge in [0, 0.05) is 13.6 Å². The van der Waals surface area contributed by atoms with E-state index in [2.05, 4.69) is 31.1 Å². The van der Waals surface area contributed by atoms with Crippen LogP contribution in [0.2, 0.25) is 0 Å². The van der Waals surface area contributed by atoms with Gasteiger partial charge in [0.05, 0.1) is 23.1 Å². The Balaban J connectivity index is 1.87. The normalized spacial score (nSPS) is 10.9. The molecule has 3 aromatic rings. The van der Waals surface area contributed by atoms with Gasteiger partial charge in [-0.15, -0.1) is 5.10 Å². The molecule has 0 saturated heterocycles. The highest BCUT2D eigenvalue weighted by Gasteiger charge is 2.08. The highest BCUT2D eigenvalue weighted by Crippen LogP contribution is 2.16. The summed E-state index contributed by atoms with van der Waals surface area (Å²) in [6.45, 7) is 2.88. The van der Waals surface area contributed by atoms with Crippen molar-refractivity contribution in [1.82, 2.24) is 19.7 Å². The molecule has 0 aliphatic heterocycles. The maximum atomic E-state index is 4.65. The Labute approximate surface area is 117 Å². The lowest BCUT2D eigenvalue weighted by molar-refractivity contribution is 0.816. The molecule has 0 bridgehead atoms. The van der Waals surface area contributed by atoms with Crippen LogP contribution in [0.4, 0.5) is 5.82 Å². The van der Waals surface area contributed by atoms with Crippen molar-refractivity contribution in [3.05, 3.63) is 47.9 Å². The second-order valence-electron chi connectivity index (χ2n) is 4.69. The fourth-order valence-electron chi connectivity index (χ4n) is 2.25. The van der Waals surface area contributed by atoms with Gasteiger partial charge in [0.15, 0.2) is 0 Å². The number of nitrogens with one attached hydrogen (secondary N) is 1. The van der Waals surface area contributed by atoms with Crippen LogP contribution in [0.5, 0.6) is 0 Å². The van der Waals surface area contributed by atoms with Crippen LogP contribution in [0.15, 0.2) is 36.4 Å². The molecule has 2 aromatic heterocycles.